The lowest BCUT2D eigenvalue weighted by Crippen LogP contribution is -2.39. The molecule has 1 aromatic carbocycles. The Morgan fingerprint density at radius 3 is 2.12 bits per heavy atom. The van der Waals surface area contributed by atoms with Gasteiger partial charge in [0.2, 0.25) is 0 Å². The van der Waals surface area contributed by atoms with Crippen LogP contribution in [0.3, 0.4) is 0 Å². The zero-order chi connectivity index (χ0) is 24.7. The van der Waals surface area contributed by atoms with Gasteiger partial charge in [-0.25, -0.2) is 0 Å². The zero-order valence-electron chi connectivity index (χ0n) is 21.4. The number of nitrogens with one attached hydrogen (secondary N) is 2. The molecule has 0 saturated carbocycles. The molecular weight excluding hydrogens is 424 g/mol. The van der Waals surface area contributed by atoms with E-state index in [1.54, 1.807) is 0 Å². The topological polar surface area (TPSA) is 122 Å². The van der Waals surface area contributed by atoms with Crippen LogP contribution in [0.25, 0.3) is 0 Å². The molecule has 0 spiro atoms. The summed E-state index contributed by atoms with van der Waals surface area (Å²) in [6, 6.07) is 8.18. The minimum Gasteiger partial charge on any atom is -0.494 e. The van der Waals surface area contributed by atoms with Gasteiger partial charge in [0.25, 0.3) is 0 Å². The molecule has 0 aromatic heterocycles. The van der Waals surface area contributed by atoms with E-state index in [0.717, 1.165) is 87.5 Å². The molecule has 0 radical (unpaired) electrons. The Hall–Kier alpha value is -2.57. The van der Waals surface area contributed by atoms with E-state index < -0.39 is 0 Å². The molecule has 0 unspecified atom stereocenters. The summed E-state index contributed by atoms with van der Waals surface area (Å²) < 4.78 is 5.88. The standard InChI is InChI=1S/C27H46N6O/c1-27(2)21-32-25(33-27)22-15-17-24(18-16-22)34-20-12-8-10-14-23(28)13-9-6-4-3-5-7-11-19-31-26(29)30/h15-18,28H,3-14,19-21H2,1-2H3,(H,32,33)(H4,29,30,31). The number of nitrogens with zero attached hydrogens (tertiary/aromatic N) is 2. The molecule has 0 aliphatic carbocycles. The average Bonchev–Trinajstić information content (AvgIpc) is 3.17. The molecule has 2 rings (SSSR count). The molecule has 6 N–H and O–H groups in total. The van der Waals surface area contributed by atoms with E-state index in [1.807, 2.05) is 12.1 Å². The third-order valence-corrected chi connectivity index (χ3v) is 6.04. The molecule has 0 saturated heterocycles. The molecule has 1 aromatic rings. The summed E-state index contributed by atoms with van der Waals surface area (Å²) in [7, 11) is 0. The van der Waals surface area contributed by atoms with Gasteiger partial charge in [-0.3, -0.25) is 9.98 Å². The Kier molecular flexibility index (Phi) is 12.5. The van der Waals surface area contributed by atoms with Crippen molar-refractivity contribution >= 4 is 17.5 Å². The van der Waals surface area contributed by atoms with E-state index in [0.29, 0.717) is 0 Å². The van der Waals surface area contributed by atoms with Crippen LogP contribution in [0.2, 0.25) is 0 Å². The largest absolute Gasteiger partial charge is 0.494 e. The van der Waals surface area contributed by atoms with Crippen molar-refractivity contribution in [3.8, 4) is 5.75 Å². The van der Waals surface area contributed by atoms with Gasteiger partial charge in [0.15, 0.2) is 5.96 Å². The number of ether oxygens (including phenoxy) is 1. The summed E-state index contributed by atoms with van der Waals surface area (Å²) in [5.74, 6) is 2.06. The molecule has 0 bridgehead atoms. The Labute approximate surface area is 206 Å². The van der Waals surface area contributed by atoms with Crippen molar-refractivity contribution in [1.29, 1.82) is 5.41 Å². The summed E-state index contributed by atoms with van der Waals surface area (Å²) in [6.07, 6.45) is 13.5. The van der Waals surface area contributed by atoms with E-state index >= 15 is 0 Å². The SMILES string of the molecule is CC1(C)CN=C(c2ccc(OCCCCCC(=N)CCCCCCCCCN=C(N)N)cc2)N1. The first-order chi connectivity index (χ1) is 16.4. The number of hydrogen-bond acceptors (Lipinski definition) is 5. The van der Waals surface area contributed by atoms with Gasteiger partial charge in [0.05, 0.1) is 18.7 Å². The van der Waals surface area contributed by atoms with Crippen molar-refractivity contribution in [3.63, 3.8) is 0 Å². The summed E-state index contributed by atoms with van der Waals surface area (Å²) in [4.78, 5) is 8.59. The molecule has 190 valence electrons. The molecule has 0 atom stereocenters. The van der Waals surface area contributed by atoms with Crippen molar-refractivity contribution in [3.05, 3.63) is 29.8 Å². The van der Waals surface area contributed by atoms with Crippen LogP contribution in [0.1, 0.15) is 96.5 Å². The maximum absolute atomic E-state index is 8.17. The Morgan fingerprint density at radius 2 is 1.53 bits per heavy atom. The van der Waals surface area contributed by atoms with Crippen LogP contribution < -0.4 is 21.5 Å². The number of amidine groups is 1. The van der Waals surface area contributed by atoms with Crippen molar-refractivity contribution < 1.29 is 4.74 Å². The van der Waals surface area contributed by atoms with Crippen LogP contribution >= 0.6 is 0 Å². The molecule has 34 heavy (non-hydrogen) atoms. The van der Waals surface area contributed by atoms with E-state index in [4.69, 9.17) is 21.6 Å². The number of benzene rings is 1. The van der Waals surface area contributed by atoms with Gasteiger partial charge in [-0.15, -0.1) is 0 Å². The fourth-order valence-corrected chi connectivity index (χ4v) is 4.02. The number of rotatable bonds is 18. The Bertz CT molecular complexity index is 781. The highest BCUT2D eigenvalue weighted by molar-refractivity contribution is 6.00. The fraction of sp³-hybridized carbons (Fsp3) is 0.667. The van der Waals surface area contributed by atoms with Crippen molar-refractivity contribution in [2.45, 2.75) is 96.4 Å². The first-order valence-corrected chi connectivity index (χ1v) is 13.0. The highest BCUT2D eigenvalue weighted by Gasteiger charge is 2.25. The number of nitrogens with two attached hydrogens (primary N) is 2. The van der Waals surface area contributed by atoms with Crippen LogP contribution in [0.4, 0.5) is 0 Å². The second-order valence-corrected chi connectivity index (χ2v) is 9.99. The van der Waals surface area contributed by atoms with Gasteiger partial charge >= 0.3 is 0 Å². The maximum atomic E-state index is 8.17. The lowest BCUT2D eigenvalue weighted by molar-refractivity contribution is 0.305. The van der Waals surface area contributed by atoms with Crippen LogP contribution in [0.15, 0.2) is 34.3 Å². The molecule has 0 fully saturated rings. The third-order valence-electron chi connectivity index (χ3n) is 6.04. The molecule has 0 amide bonds. The third kappa shape index (κ3) is 12.1. The minimum absolute atomic E-state index is 0.0398. The summed E-state index contributed by atoms with van der Waals surface area (Å²) in [5, 5.41) is 11.6. The lowest BCUT2D eigenvalue weighted by atomic mass is 10.0. The second kappa shape index (κ2) is 15.4. The number of guanidine groups is 1. The van der Waals surface area contributed by atoms with Crippen molar-refractivity contribution in [2.75, 3.05) is 19.7 Å². The zero-order valence-corrected chi connectivity index (χ0v) is 21.4. The van der Waals surface area contributed by atoms with Gasteiger partial charge in [-0.1, -0.05) is 32.1 Å². The molecule has 1 aliphatic rings. The van der Waals surface area contributed by atoms with Gasteiger partial charge in [-0.2, -0.15) is 0 Å². The normalized spacial score (nSPS) is 14.4. The number of aliphatic imine (C=N–C) groups is 2. The van der Waals surface area contributed by atoms with E-state index in [2.05, 4.69) is 41.3 Å². The minimum atomic E-state index is 0.0398. The smallest absolute Gasteiger partial charge is 0.185 e. The van der Waals surface area contributed by atoms with Crippen LogP contribution in [0, 0.1) is 5.41 Å². The lowest BCUT2D eigenvalue weighted by Gasteiger charge is -2.18. The predicted octanol–water partition coefficient (Wildman–Crippen LogP) is 5.17. The Balaban J connectivity index is 1.41. The Morgan fingerprint density at radius 1 is 0.941 bits per heavy atom. The van der Waals surface area contributed by atoms with Crippen LogP contribution in [-0.4, -0.2) is 42.7 Å². The molecular formula is C27H46N6O. The predicted molar refractivity (Wildman–Crippen MR) is 144 cm³/mol. The van der Waals surface area contributed by atoms with Gasteiger partial charge in [0.1, 0.15) is 11.6 Å². The highest BCUT2D eigenvalue weighted by atomic mass is 16.5. The first kappa shape index (κ1) is 27.7. The van der Waals surface area contributed by atoms with E-state index in [1.165, 1.54) is 32.1 Å². The second-order valence-electron chi connectivity index (χ2n) is 9.99. The summed E-state index contributed by atoms with van der Waals surface area (Å²) in [5.41, 5.74) is 12.7. The number of unbranched alkanes of at least 4 members (excludes halogenated alkanes) is 8. The van der Waals surface area contributed by atoms with Gasteiger partial charge < -0.3 is 26.9 Å². The van der Waals surface area contributed by atoms with E-state index in [-0.39, 0.29) is 11.5 Å². The van der Waals surface area contributed by atoms with Gasteiger partial charge in [-0.05, 0) is 83.1 Å². The first-order valence-electron chi connectivity index (χ1n) is 13.0. The molecule has 1 aliphatic heterocycles. The fourth-order valence-electron chi connectivity index (χ4n) is 4.02. The quantitative estimate of drug-likeness (QED) is 0.134. The van der Waals surface area contributed by atoms with Crippen LogP contribution in [0.5, 0.6) is 5.75 Å². The summed E-state index contributed by atoms with van der Waals surface area (Å²) in [6.45, 7) is 6.59. The maximum Gasteiger partial charge on any atom is 0.185 e. The van der Waals surface area contributed by atoms with Crippen molar-refractivity contribution in [2.24, 2.45) is 21.5 Å². The van der Waals surface area contributed by atoms with E-state index in [9.17, 15) is 0 Å². The average molecular weight is 471 g/mol. The van der Waals surface area contributed by atoms with Crippen LogP contribution in [-0.2, 0) is 0 Å². The molecule has 1 heterocycles. The van der Waals surface area contributed by atoms with Crippen molar-refractivity contribution in [1.82, 2.24) is 5.32 Å². The van der Waals surface area contributed by atoms with Gasteiger partial charge in [0, 0.05) is 17.8 Å². The monoisotopic (exact) mass is 470 g/mol. The number of hydrogen-bond donors (Lipinski definition) is 4. The molecule has 7 heteroatoms. The summed E-state index contributed by atoms with van der Waals surface area (Å²) >= 11 is 0. The highest BCUT2D eigenvalue weighted by Crippen LogP contribution is 2.18. The molecule has 7 nitrogen and oxygen atoms in total.